The molecule has 0 N–H and O–H groups in total. The van der Waals surface area contributed by atoms with Crippen LogP contribution in [-0.4, -0.2) is 0 Å². The minimum absolute atomic E-state index is 0. The van der Waals surface area contributed by atoms with Crippen LogP contribution in [0.1, 0.15) is 18.0 Å². The Bertz CT molecular complexity index is 3090. The monoisotopic (exact) mass is 940 g/mol. The number of nitrogens with zero attached hydrogens (tertiary/aromatic N) is 2. The van der Waals surface area contributed by atoms with Crippen molar-refractivity contribution in [1.29, 1.82) is 0 Å². The maximum atomic E-state index is 6.67. The van der Waals surface area contributed by atoms with Crippen molar-refractivity contribution in [1.82, 2.24) is 0 Å². The van der Waals surface area contributed by atoms with E-state index in [1.807, 2.05) is 18.2 Å². The van der Waals surface area contributed by atoms with Gasteiger partial charge in [0.1, 0.15) is 5.58 Å². The summed E-state index contributed by atoms with van der Waals surface area (Å²) in [4.78, 5) is 4.84. The molecule has 1 heterocycles. The fraction of sp³-hybridized carbons (Fsp3) is 0.0385. The van der Waals surface area contributed by atoms with Gasteiger partial charge in [0.2, 0.25) is 0 Å². The van der Waals surface area contributed by atoms with Crippen molar-refractivity contribution in [3.05, 3.63) is 205 Å². The maximum absolute atomic E-state index is 6.67. The van der Waals surface area contributed by atoms with E-state index in [-0.39, 0.29) is 37.2 Å². The molecule has 11 rings (SSSR count). The summed E-state index contributed by atoms with van der Waals surface area (Å²) in [6.45, 7) is 0. The van der Waals surface area contributed by atoms with E-state index in [4.69, 9.17) is 4.42 Å². The molecule has 3 nitrogen and oxygen atoms in total. The van der Waals surface area contributed by atoms with Gasteiger partial charge < -0.3 is 14.2 Å². The molecule has 1 aliphatic carbocycles. The van der Waals surface area contributed by atoms with E-state index in [0.29, 0.717) is 0 Å². The van der Waals surface area contributed by atoms with E-state index in [2.05, 4.69) is 192 Å². The second kappa shape index (κ2) is 14.2. The van der Waals surface area contributed by atoms with Gasteiger partial charge in [-0.05, 0) is 81.5 Å². The van der Waals surface area contributed by atoms with Crippen molar-refractivity contribution in [3.63, 3.8) is 0 Å². The third-order valence-corrected chi connectivity index (χ3v) is 11.1. The molecule has 262 valence electrons. The third kappa shape index (κ3) is 5.64. The summed E-state index contributed by atoms with van der Waals surface area (Å²) in [5, 5.41) is 8.54. The Balaban J connectivity index is 0.00000384. The van der Waals surface area contributed by atoms with Crippen LogP contribution in [0.2, 0.25) is 0 Å². The molecule has 0 amide bonds. The van der Waals surface area contributed by atoms with Crippen molar-refractivity contribution in [2.75, 3.05) is 9.80 Å². The van der Waals surface area contributed by atoms with Gasteiger partial charge in [-0.1, -0.05) is 103 Å². The summed E-state index contributed by atoms with van der Waals surface area (Å²) in [5.74, 6) is 0. The number of anilines is 5. The van der Waals surface area contributed by atoms with Crippen molar-refractivity contribution in [2.45, 2.75) is 12.5 Å². The first-order valence-corrected chi connectivity index (χ1v) is 18.9. The first-order chi connectivity index (χ1) is 27.3. The molecule has 0 spiro atoms. The average Bonchev–Trinajstić information content (AvgIpc) is 3.65. The fourth-order valence-corrected chi connectivity index (χ4v) is 8.73. The molecule has 0 saturated heterocycles. The largest absolute Gasteiger partial charge is 2.00 e. The van der Waals surface area contributed by atoms with Crippen LogP contribution >= 0.6 is 0 Å². The summed E-state index contributed by atoms with van der Waals surface area (Å²) in [6, 6.07) is 71.8. The molecule has 10 aromatic rings. The molecule has 1 atom stereocenters. The quantitative estimate of drug-likeness (QED) is 0.148. The second-order valence-electron chi connectivity index (χ2n) is 14.2. The van der Waals surface area contributed by atoms with Crippen LogP contribution < -0.4 is 15.0 Å². The summed E-state index contributed by atoms with van der Waals surface area (Å²) in [7, 11) is 0. The standard InChI is InChI=1S/C52H34N2O.U/c1-4-14-35(15-5-1)38-16-12-21-41(34-38)53(39-17-6-2-7-18-39)46-32-28-36-27-31-45-47(33-29-37-26-30-44(46)50(36)51(37)45)54(40-19-8-3-9-20-40)48-24-13-23-43-42-22-10-11-25-49(42)55-52(43)48;/h1-14,16-32,47H,33H2;/q-2;+2. The predicted molar refractivity (Wildman–Crippen MR) is 229 cm³/mol. The SMILES string of the molecule is [U+2].[c-]1ccccc1-c1[c-]c(N(c2ccccc2)c2ccc3ccc4c5c(ccc2c35)=CCC4N(c2ccccc2)c2cccc3c2oc2ccccc23)ccc1. The van der Waals surface area contributed by atoms with E-state index in [1.54, 1.807) is 0 Å². The minimum Gasteiger partial charge on any atom is -0.454 e. The van der Waals surface area contributed by atoms with Crippen LogP contribution in [0, 0.1) is 43.2 Å². The zero-order valence-corrected chi connectivity index (χ0v) is 34.6. The first-order valence-electron chi connectivity index (χ1n) is 18.9. The van der Waals surface area contributed by atoms with Crippen LogP contribution in [0.4, 0.5) is 28.4 Å². The summed E-state index contributed by atoms with van der Waals surface area (Å²) < 4.78 is 6.67. The second-order valence-corrected chi connectivity index (χ2v) is 14.2. The summed E-state index contributed by atoms with van der Waals surface area (Å²) in [5.41, 5.74) is 10.5. The molecule has 0 bridgehead atoms. The third-order valence-electron chi connectivity index (χ3n) is 11.1. The Morgan fingerprint density at radius 1 is 0.536 bits per heavy atom. The van der Waals surface area contributed by atoms with E-state index < -0.39 is 0 Å². The molecule has 56 heavy (non-hydrogen) atoms. The van der Waals surface area contributed by atoms with Crippen LogP contribution in [0.5, 0.6) is 0 Å². The smallest absolute Gasteiger partial charge is 0.454 e. The molecular formula is C52H34N2OU. The van der Waals surface area contributed by atoms with Gasteiger partial charge in [0, 0.05) is 27.5 Å². The number of hydrogen-bond acceptors (Lipinski definition) is 3. The number of rotatable bonds is 7. The van der Waals surface area contributed by atoms with E-state index in [0.717, 1.165) is 67.9 Å². The summed E-state index contributed by atoms with van der Waals surface area (Å²) in [6.07, 6.45) is 3.28. The van der Waals surface area contributed by atoms with E-state index in [1.165, 1.54) is 32.3 Å². The minimum atomic E-state index is 0. The molecule has 0 saturated carbocycles. The number of hydrogen-bond donors (Lipinski definition) is 0. The van der Waals surface area contributed by atoms with Gasteiger partial charge in [-0.15, -0.1) is 12.1 Å². The molecule has 0 radical (unpaired) electrons. The Hall–Kier alpha value is -6.05. The first kappa shape index (κ1) is 34.4. The van der Waals surface area contributed by atoms with Gasteiger partial charge in [-0.25, -0.2) is 11.1 Å². The topological polar surface area (TPSA) is 19.6 Å². The van der Waals surface area contributed by atoms with Gasteiger partial charge in [0.25, 0.3) is 0 Å². The van der Waals surface area contributed by atoms with Gasteiger partial charge in [0.05, 0.1) is 17.4 Å². The van der Waals surface area contributed by atoms with Crippen LogP contribution in [0.3, 0.4) is 0 Å². The zero-order valence-electron chi connectivity index (χ0n) is 30.5. The summed E-state index contributed by atoms with van der Waals surface area (Å²) >= 11 is 0. The Morgan fingerprint density at radius 2 is 1.27 bits per heavy atom. The molecule has 1 unspecified atom stereocenters. The molecule has 4 heteroatoms. The van der Waals surface area contributed by atoms with Gasteiger partial charge in [-0.3, -0.25) is 0 Å². The molecule has 1 aliphatic rings. The fourth-order valence-electron chi connectivity index (χ4n) is 8.73. The van der Waals surface area contributed by atoms with Crippen molar-refractivity contribution in [3.8, 4) is 11.1 Å². The van der Waals surface area contributed by atoms with E-state index in [9.17, 15) is 0 Å². The molecule has 0 fully saturated rings. The number of para-hydroxylation sites is 4. The zero-order chi connectivity index (χ0) is 36.3. The van der Waals surface area contributed by atoms with Crippen LogP contribution in [-0.2, 0) is 0 Å². The van der Waals surface area contributed by atoms with Gasteiger partial charge >= 0.3 is 31.1 Å². The maximum Gasteiger partial charge on any atom is 2.00 e. The van der Waals surface area contributed by atoms with Gasteiger partial charge in [0.15, 0.2) is 5.58 Å². The van der Waals surface area contributed by atoms with Crippen LogP contribution in [0.15, 0.2) is 186 Å². The van der Waals surface area contributed by atoms with Crippen LogP contribution in [0.25, 0.3) is 60.7 Å². The van der Waals surface area contributed by atoms with Crippen molar-refractivity contribution >= 4 is 78.0 Å². The number of fused-ring (bicyclic) bond motifs is 3. The Morgan fingerprint density at radius 3 is 2.11 bits per heavy atom. The molecular weight excluding hydrogens is 907 g/mol. The normalized spacial score (nSPS) is 13.5. The molecule has 0 aliphatic heterocycles. The van der Waals surface area contributed by atoms with E-state index >= 15 is 0 Å². The molecule has 1 aromatic heterocycles. The number of benzene rings is 9. The van der Waals surface area contributed by atoms with Gasteiger partial charge in [-0.2, -0.15) is 42.5 Å². The average molecular weight is 941 g/mol. The Kier molecular flexibility index (Phi) is 8.75. The molecule has 9 aromatic carbocycles. The van der Waals surface area contributed by atoms with Crippen molar-refractivity contribution < 1.29 is 35.5 Å². The Labute approximate surface area is 349 Å². The number of furan rings is 1. The predicted octanol–water partition coefficient (Wildman–Crippen LogP) is 13.4. The van der Waals surface area contributed by atoms with Crippen molar-refractivity contribution in [2.24, 2.45) is 0 Å².